The predicted molar refractivity (Wildman–Crippen MR) is 107 cm³/mol. The molecule has 1 amide bonds. The zero-order valence-corrected chi connectivity index (χ0v) is 16.1. The van der Waals surface area contributed by atoms with Crippen LogP contribution in [0.2, 0.25) is 0 Å². The van der Waals surface area contributed by atoms with Crippen molar-refractivity contribution in [3.63, 3.8) is 0 Å². The zero-order valence-electron chi connectivity index (χ0n) is 16.1. The minimum absolute atomic E-state index is 0.0416. The standard InChI is InChI=1S/C21H23N3O4/c1-13(26)17-10-15-11-19(22-12-18(15)23-17)24-20(27)14-4-6-16(7-5-14)28-21(2,3)8-9-25/h4-7,10-12,23,25H,8-9H2,1-3H3,(H,22,24,27). The van der Waals surface area contributed by atoms with Crippen molar-refractivity contribution in [2.45, 2.75) is 32.8 Å². The SMILES string of the molecule is CC(=O)c1cc2cc(NC(=O)c3ccc(OC(C)(C)CCO)cc3)ncc2[nH]1. The molecule has 7 heteroatoms. The summed E-state index contributed by atoms with van der Waals surface area (Å²) < 4.78 is 5.83. The van der Waals surface area contributed by atoms with Crippen LogP contribution in [-0.4, -0.2) is 39.0 Å². The summed E-state index contributed by atoms with van der Waals surface area (Å²) in [7, 11) is 0. The Labute approximate surface area is 162 Å². The largest absolute Gasteiger partial charge is 0.488 e. The Morgan fingerprint density at radius 3 is 2.57 bits per heavy atom. The number of fused-ring (bicyclic) bond motifs is 1. The minimum atomic E-state index is -0.493. The summed E-state index contributed by atoms with van der Waals surface area (Å²) in [6.07, 6.45) is 2.09. The lowest BCUT2D eigenvalue weighted by Crippen LogP contribution is -2.29. The molecule has 0 aliphatic rings. The molecule has 3 rings (SSSR count). The maximum Gasteiger partial charge on any atom is 0.256 e. The van der Waals surface area contributed by atoms with E-state index < -0.39 is 5.60 Å². The average molecular weight is 381 g/mol. The third-order valence-corrected chi connectivity index (χ3v) is 4.35. The summed E-state index contributed by atoms with van der Waals surface area (Å²) in [6, 6.07) is 10.2. The molecule has 0 aliphatic heterocycles. The minimum Gasteiger partial charge on any atom is -0.488 e. The fraction of sp³-hybridized carbons (Fsp3) is 0.286. The van der Waals surface area contributed by atoms with Gasteiger partial charge in [-0.25, -0.2) is 4.98 Å². The number of pyridine rings is 1. The van der Waals surface area contributed by atoms with Crippen LogP contribution >= 0.6 is 0 Å². The quantitative estimate of drug-likeness (QED) is 0.543. The van der Waals surface area contributed by atoms with Crippen LogP contribution in [0.5, 0.6) is 5.75 Å². The van der Waals surface area contributed by atoms with Gasteiger partial charge < -0.3 is 20.1 Å². The fourth-order valence-corrected chi connectivity index (χ4v) is 2.79. The van der Waals surface area contributed by atoms with E-state index in [0.29, 0.717) is 29.2 Å². The van der Waals surface area contributed by atoms with E-state index in [1.54, 1.807) is 42.6 Å². The molecule has 0 saturated heterocycles. The average Bonchev–Trinajstić information content (AvgIpc) is 3.05. The lowest BCUT2D eigenvalue weighted by Gasteiger charge is -2.25. The molecule has 0 spiro atoms. The number of nitrogens with one attached hydrogen (secondary N) is 2. The van der Waals surface area contributed by atoms with Crippen LogP contribution in [-0.2, 0) is 0 Å². The number of nitrogens with zero attached hydrogens (tertiary/aromatic N) is 1. The second kappa shape index (κ2) is 7.82. The summed E-state index contributed by atoms with van der Waals surface area (Å²) in [5.74, 6) is 0.663. The number of hydrogen-bond donors (Lipinski definition) is 3. The van der Waals surface area contributed by atoms with E-state index in [1.165, 1.54) is 6.92 Å². The highest BCUT2D eigenvalue weighted by Gasteiger charge is 2.19. The number of carbonyl (C=O) groups is 2. The second-order valence-corrected chi connectivity index (χ2v) is 7.21. The number of aliphatic hydroxyl groups excluding tert-OH is 1. The molecule has 3 N–H and O–H groups in total. The van der Waals surface area contributed by atoms with Crippen molar-refractivity contribution in [1.82, 2.24) is 9.97 Å². The Bertz CT molecular complexity index is 1010. The zero-order chi connectivity index (χ0) is 20.3. The number of H-pyrrole nitrogens is 1. The molecule has 2 aromatic heterocycles. The number of carbonyl (C=O) groups excluding carboxylic acids is 2. The highest BCUT2D eigenvalue weighted by molar-refractivity contribution is 6.05. The van der Waals surface area contributed by atoms with Crippen LogP contribution < -0.4 is 10.1 Å². The predicted octanol–water partition coefficient (Wildman–Crippen LogP) is 3.56. The summed E-state index contributed by atoms with van der Waals surface area (Å²) in [4.78, 5) is 31.1. The number of ketones is 1. The van der Waals surface area contributed by atoms with Crippen molar-refractivity contribution in [3.8, 4) is 5.75 Å². The van der Waals surface area contributed by atoms with Gasteiger partial charge in [0.15, 0.2) is 5.78 Å². The van der Waals surface area contributed by atoms with E-state index in [0.717, 1.165) is 10.9 Å². The summed E-state index contributed by atoms with van der Waals surface area (Å²) >= 11 is 0. The van der Waals surface area contributed by atoms with E-state index in [2.05, 4.69) is 15.3 Å². The molecule has 0 bridgehead atoms. The molecule has 28 heavy (non-hydrogen) atoms. The molecule has 0 fully saturated rings. The van der Waals surface area contributed by atoms with Gasteiger partial charge in [0, 0.05) is 30.9 Å². The van der Waals surface area contributed by atoms with Gasteiger partial charge in [0.05, 0.1) is 17.4 Å². The Hall–Kier alpha value is -3.19. The third-order valence-electron chi connectivity index (χ3n) is 4.35. The number of aromatic nitrogens is 2. The van der Waals surface area contributed by atoms with Gasteiger partial charge >= 0.3 is 0 Å². The lowest BCUT2D eigenvalue weighted by molar-refractivity contribution is 0.0765. The molecule has 2 heterocycles. The van der Waals surface area contributed by atoms with Crippen molar-refractivity contribution in [1.29, 1.82) is 0 Å². The van der Waals surface area contributed by atoms with Crippen molar-refractivity contribution in [3.05, 3.63) is 53.9 Å². The van der Waals surface area contributed by atoms with Crippen molar-refractivity contribution in [2.24, 2.45) is 0 Å². The second-order valence-electron chi connectivity index (χ2n) is 7.21. The molecule has 7 nitrogen and oxygen atoms in total. The van der Waals surface area contributed by atoms with Gasteiger partial charge in [-0.2, -0.15) is 0 Å². The van der Waals surface area contributed by atoms with E-state index in [9.17, 15) is 9.59 Å². The van der Waals surface area contributed by atoms with E-state index in [4.69, 9.17) is 9.84 Å². The number of hydrogen-bond acceptors (Lipinski definition) is 5. The Morgan fingerprint density at radius 1 is 1.21 bits per heavy atom. The number of aromatic amines is 1. The summed E-state index contributed by atoms with van der Waals surface area (Å²) in [5, 5.41) is 12.6. The van der Waals surface area contributed by atoms with Crippen molar-refractivity contribution >= 4 is 28.4 Å². The molecule has 3 aromatic rings. The fourth-order valence-electron chi connectivity index (χ4n) is 2.79. The highest BCUT2D eigenvalue weighted by atomic mass is 16.5. The van der Waals surface area contributed by atoms with Crippen molar-refractivity contribution < 1.29 is 19.4 Å². The first-order valence-corrected chi connectivity index (χ1v) is 8.98. The monoisotopic (exact) mass is 381 g/mol. The van der Waals surface area contributed by atoms with Crippen LogP contribution in [0.1, 0.15) is 48.0 Å². The van der Waals surface area contributed by atoms with Crippen LogP contribution in [0.25, 0.3) is 10.9 Å². The van der Waals surface area contributed by atoms with Gasteiger partial charge in [0.2, 0.25) is 0 Å². The van der Waals surface area contributed by atoms with E-state index >= 15 is 0 Å². The first-order valence-electron chi connectivity index (χ1n) is 8.98. The molecule has 0 atom stereocenters. The normalized spacial score (nSPS) is 11.4. The number of aliphatic hydroxyl groups is 1. The van der Waals surface area contributed by atoms with E-state index in [1.807, 2.05) is 13.8 Å². The maximum absolute atomic E-state index is 12.5. The molecular weight excluding hydrogens is 358 g/mol. The Balaban J connectivity index is 1.70. The van der Waals surface area contributed by atoms with Crippen LogP contribution in [0.15, 0.2) is 42.6 Å². The van der Waals surface area contributed by atoms with Crippen LogP contribution in [0.3, 0.4) is 0 Å². The molecule has 146 valence electrons. The van der Waals surface area contributed by atoms with Gasteiger partial charge in [0.1, 0.15) is 17.2 Å². The number of benzene rings is 1. The molecule has 0 aliphatic carbocycles. The number of Topliss-reactive ketones (excluding diaryl/α,β-unsaturated/α-hetero) is 1. The molecule has 1 aromatic carbocycles. The number of rotatable bonds is 7. The molecule has 0 radical (unpaired) electrons. The molecule has 0 unspecified atom stereocenters. The molecule has 0 saturated carbocycles. The number of amides is 1. The van der Waals surface area contributed by atoms with Gasteiger partial charge in [-0.1, -0.05) is 0 Å². The highest BCUT2D eigenvalue weighted by Crippen LogP contribution is 2.22. The topological polar surface area (TPSA) is 104 Å². The van der Waals surface area contributed by atoms with E-state index in [-0.39, 0.29) is 18.3 Å². The van der Waals surface area contributed by atoms with Gasteiger partial charge in [0.25, 0.3) is 5.91 Å². The Kier molecular flexibility index (Phi) is 5.46. The maximum atomic E-state index is 12.5. The number of ether oxygens (including phenoxy) is 1. The van der Waals surface area contributed by atoms with Crippen LogP contribution in [0, 0.1) is 0 Å². The summed E-state index contributed by atoms with van der Waals surface area (Å²) in [5.41, 5.74) is 1.20. The van der Waals surface area contributed by atoms with Gasteiger partial charge in [-0.3, -0.25) is 9.59 Å². The smallest absolute Gasteiger partial charge is 0.256 e. The molecular formula is C21H23N3O4. The van der Waals surface area contributed by atoms with Crippen molar-refractivity contribution in [2.75, 3.05) is 11.9 Å². The first-order chi connectivity index (χ1) is 13.3. The lowest BCUT2D eigenvalue weighted by atomic mass is 10.1. The first kappa shape index (κ1) is 19.6. The number of anilines is 1. The summed E-state index contributed by atoms with van der Waals surface area (Å²) in [6.45, 7) is 5.31. The van der Waals surface area contributed by atoms with Crippen LogP contribution in [0.4, 0.5) is 5.82 Å². The Morgan fingerprint density at radius 2 is 1.93 bits per heavy atom. The third kappa shape index (κ3) is 4.55. The van der Waals surface area contributed by atoms with Gasteiger partial charge in [-0.15, -0.1) is 0 Å². The van der Waals surface area contributed by atoms with Gasteiger partial charge in [-0.05, 0) is 50.2 Å².